The fraction of sp³-hybridized carbons (Fsp3) is 0.417. The molecule has 1 atom stereocenters. The van der Waals surface area contributed by atoms with Gasteiger partial charge in [-0.15, -0.1) is 0 Å². The highest BCUT2D eigenvalue weighted by molar-refractivity contribution is 9.10. The minimum Gasteiger partial charge on any atom is -0.324 e. The first kappa shape index (κ1) is 15.2. The van der Waals surface area contributed by atoms with E-state index < -0.39 is 9.84 Å². The van der Waals surface area contributed by atoms with E-state index in [9.17, 15) is 13.2 Å². The summed E-state index contributed by atoms with van der Waals surface area (Å²) in [7, 11) is -3.34. The first-order valence-corrected chi connectivity index (χ1v) is 8.25. The van der Waals surface area contributed by atoms with Crippen molar-refractivity contribution in [3.8, 4) is 0 Å². The van der Waals surface area contributed by atoms with Crippen LogP contribution in [0.1, 0.15) is 20.3 Å². The highest BCUT2D eigenvalue weighted by atomic mass is 79.9. The van der Waals surface area contributed by atoms with E-state index in [0.29, 0.717) is 12.1 Å². The highest BCUT2D eigenvalue weighted by Crippen LogP contribution is 2.22. The van der Waals surface area contributed by atoms with E-state index in [4.69, 9.17) is 0 Å². The fourth-order valence-corrected chi connectivity index (χ4v) is 2.56. The molecule has 0 spiro atoms. The van der Waals surface area contributed by atoms with E-state index in [1.54, 1.807) is 25.1 Å². The number of nitrogens with one attached hydrogen (secondary N) is 1. The molecule has 0 saturated heterocycles. The number of amides is 1. The normalized spacial score (nSPS) is 13.1. The first-order chi connectivity index (χ1) is 8.42. The molecule has 4 nitrogen and oxygen atoms in total. The molecule has 1 unspecified atom stereocenters. The standard InChI is InChI=1S/C12H16BrNO3S/c1-3-9(13)12(15)14-10-7-5-6-8-11(10)18(16,17)4-2/h5-9H,3-4H2,1-2H3,(H,14,15). The van der Waals surface area contributed by atoms with Gasteiger partial charge in [-0.3, -0.25) is 4.79 Å². The van der Waals surface area contributed by atoms with E-state index in [2.05, 4.69) is 21.2 Å². The average molecular weight is 334 g/mol. The highest BCUT2D eigenvalue weighted by Gasteiger charge is 2.19. The van der Waals surface area contributed by atoms with Crippen molar-refractivity contribution in [1.29, 1.82) is 0 Å². The molecule has 1 aromatic rings. The third-order valence-corrected chi connectivity index (χ3v) is 5.35. The smallest absolute Gasteiger partial charge is 0.238 e. The number of carbonyl (C=O) groups excluding carboxylic acids is 1. The van der Waals surface area contributed by atoms with Crippen molar-refractivity contribution in [2.45, 2.75) is 30.0 Å². The lowest BCUT2D eigenvalue weighted by molar-refractivity contribution is -0.115. The molecule has 0 fully saturated rings. The van der Waals surface area contributed by atoms with E-state index in [0.717, 1.165) is 0 Å². The number of carbonyl (C=O) groups is 1. The molecule has 0 bridgehead atoms. The van der Waals surface area contributed by atoms with E-state index >= 15 is 0 Å². The quantitative estimate of drug-likeness (QED) is 0.842. The van der Waals surface area contributed by atoms with Crippen molar-refractivity contribution < 1.29 is 13.2 Å². The number of hydrogen-bond acceptors (Lipinski definition) is 3. The number of halogens is 1. The summed E-state index contributed by atoms with van der Waals surface area (Å²) in [5, 5.41) is 2.64. The summed E-state index contributed by atoms with van der Waals surface area (Å²) in [6, 6.07) is 6.43. The van der Waals surface area contributed by atoms with Crippen molar-refractivity contribution in [2.24, 2.45) is 0 Å². The van der Waals surface area contributed by atoms with Crippen LogP contribution in [0.5, 0.6) is 0 Å². The van der Waals surface area contributed by atoms with Crippen LogP contribution in [0.3, 0.4) is 0 Å². The molecule has 0 aliphatic rings. The lowest BCUT2D eigenvalue weighted by atomic mass is 10.3. The van der Waals surface area contributed by atoms with Crippen LogP contribution in [-0.4, -0.2) is 24.9 Å². The van der Waals surface area contributed by atoms with Gasteiger partial charge in [0.15, 0.2) is 9.84 Å². The molecule has 6 heteroatoms. The van der Waals surface area contributed by atoms with E-state index in [-0.39, 0.29) is 21.4 Å². The summed E-state index contributed by atoms with van der Waals surface area (Å²) < 4.78 is 23.8. The number of sulfone groups is 1. The predicted octanol–water partition coefficient (Wildman–Crippen LogP) is 2.59. The largest absolute Gasteiger partial charge is 0.324 e. The summed E-state index contributed by atoms with van der Waals surface area (Å²) >= 11 is 3.23. The average Bonchev–Trinajstić information content (AvgIpc) is 2.38. The first-order valence-electron chi connectivity index (χ1n) is 5.69. The van der Waals surface area contributed by atoms with Crippen molar-refractivity contribution in [2.75, 3.05) is 11.1 Å². The molecule has 0 heterocycles. The number of hydrogen-bond donors (Lipinski definition) is 1. The predicted molar refractivity (Wildman–Crippen MR) is 75.8 cm³/mol. The van der Waals surface area contributed by atoms with Gasteiger partial charge in [0.25, 0.3) is 0 Å². The fourth-order valence-electron chi connectivity index (χ4n) is 1.39. The Hall–Kier alpha value is -0.880. The SMILES string of the molecule is CCC(Br)C(=O)Nc1ccccc1S(=O)(=O)CC. The summed E-state index contributed by atoms with van der Waals surface area (Å²) in [5.41, 5.74) is 0.335. The van der Waals surface area contributed by atoms with Gasteiger partial charge in [0.05, 0.1) is 21.2 Å². The van der Waals surface area contributed by atoms with Crippen LogP contribution in [0, 0.1) is 0 Å². The summed E-state index contributed by atoms with van der Waals surface area (Å²) in [5.74, 6) is -0.234. The van der Waals surface area contributed by atoms with Gasteiger partial charge >= 0.3 is 0 Å². The van der Waals surface area contributed by atoms with Gasteiger partial charge in [0, 0.05) is 0 Å². The Morgan fingerprint density at radius 3 is 2.50 bits per heavy atom. The van der Waals surface area contributed by atoms with Crippen molar-refractivity contribution in [1.82, 2.24) is 0 Å². The number of para-hydroxylation sites is 1. The molecular formula is C12H16BrNO3S. The third kappa shape index (κ3) is 3.55. The van der Waals surface area contributed by atoms with Crippen LogP contribution < -0.4 is 5.32 Å². The number of anilines is 1. The van der Waals surface area contributed by atoms with Gasteiger partial charge in [-0.1, -0.05) is 41.9 Å². The Kier molecular flexibility index (Phi) is 5.34. The Balaban J connectivity index is 3.08. The summed E-state index contributed by atoms with van der Waals surface area (Å²) in [4.78, 5) is 11.6. The summed E-state index contributed by atoms with van der Waals surface area (Å²) in [6.45, 7) is 3.45. The van der Waals surface area contributed by atoms with Gasteiger partial charge < -0.3 is 5.32 Å². The number of rotatable bonds is 5. The number of benzene rings is 1. The molecule has 1 N–H and O–H groups in total. The maximum absolute atomic E-state index is 11.9. The van der Waals surface area contributed by atoms with Crippen LogP contribution >= 0.6 is 15.9 Å². The molecule has 1 rings (SSSR count). The minimum atomic E-state index is -3.34. The zero-order chi connectivity index (χ0) is 13.8. The second kappa shape index (κ2) is 6.33. The van der Waals surface area contributed by atoms with Crippen LogP contribution in [-0.2, 0) is 14.6 Å². The lowest BCUT2D eigenvalue weighted by Gasteiger charge is -2.12. The lowest BCUT2D eigenvalue weighted by Crippen LogP contribution is -2.23. The van der Waals surface area contributed by atoms with Gasteiger partial charge in [-0.25, -0.2) is 8.42 Å². The second-order valence-electron chi connectivity index (χ2n) is 3.76. The van der Waals surface area contributed by atoms with Crippen molar-refractivity contribution in [3.63, 3.8) is 0 Å². The monoisotopic (exact) mass is 333 g/mol. The Morgan fingerprint density at radius 2 is 1.94 bits per heavy atom. The molecule has 0 saturated carbocycles. The maximum atomic E-state index is 11.9. The third-order valence-electron chi connectivity index (χ3n) is 2.50. The summed E-state index contributed by atoms with van der Waals surface area (Å²) in [6.07, 6.45) is 0.633. The molecule has 0 aliphatic heterocycles. The minimum absolute atomic E-state index is 0.00536. The van der Waals surface area contributed by atoms with Crippen LogP contribution in [0.2, 0.25) is 0 Å². The molecule has 0 aliphatic carbocycles. The molecule has 18 heavy (non-hydrogen) atoms. The van der Waals surface area contributed by atoms with Crippen molar-refractivity contribution in [3.05, 3.63) is 24.3 Å². The zero-order valence-electron chi connectivity index (χ0n) is 10.3. The topological polar surface area (TPSA) is 63.2 Å². The van der Waals surface area contributed by atoms with Crippen LogP contribution in [0.4, 0.5) is 5.69 Å². The molecule has 1 amide bonds. The molecule has 0 radical (unpaired) electrons. The zero-order valence-corrected chi connectivity index (χ0v) is 12.7. The van der Waals surface area contributed by atoms with Gasteiger partial charge in [0.1, 0.15) is 0 Å². The molecule has 100 valence electrons. The second-order valence-corrected chi connectivity index (χ2v) is 7.12. The van der Waals surface area contributed by atoms with E-state index in [1.165, 1.54) is 6.07 Å². The Bertz CT molecular complexity index is 528. The van der Waals surface area contributed by atoms with Crippen molar-refractivity contribution >= 4 is 37.4 Å². The van der Waals surface area contributed by atoms with Gasteiger partial charge in [-0.2, -0.15) is 0 Å². The molecular weight excluding hydrogens is 318 g/mol. The number of alkyl halides is 1. The van der Waals surface area contributed by atoms with Gasteiger partial charge in [0.2, 0.25) is 5.91 Å². The van der Waals surface area contributed by atoms with Crippen LogP contribution in [0.25, 0.3) is 0 Å². The van der Waals surface area contributed by atoms with Crippen LogP contribution in [0.15, 0.2) is 29.2 Å². The maximum Gasteiger partial charge on any atom is 0.238 e. The Morgan fingerprint density at radius 1 is 1.33 bits per heavy atom. The molecule has 1 aromatic carbocycles. The Labute approximate surface area is 116 Å². The van der Waals surface area contributed by atoms with E-state index in [1.807, 2.05) is 6.92 Å². The van der Waals surface area contributed by atoms with Gasteiger partial charge in [-0.05, 0) is 18.6 Å². The molecule has 0 aromatic heterocycles.